The first kappa shape index (κ1) is 14.4. The lowest BCUT2D eigenvalue weighted by molar-refractivity contribution is -0.384. The Morgan fingerprint density at radius 2 is 2.35 bits per heavy atom. The van der Waals surface area contributed by atoms with E-state index >= 15 is 0 Å². The number of carbonyl (C=O) groups is 1. The number of hydrogen-bond donors (Lipinski definition) is 1. The second-order valence-electron chi connectivity index (χ2n) is 3.77. The number of hydrogen-bond acceptors (Lipinski definition) is 7. The third-order valence-corrected chi connectivity index (χ3v) is 4.21. The molecule has 9 heteroatoms. The lowest BCUT2D eigenvalue weighted by Crippen LogP contribution is -2.08. The quantitative estimate of drug-likeness (QED) is 0.518. The normalized spacial score (nSPS) is 10.2. The molecular weight excluding hydrogens is 300 g/mol. The van der Waals surface area contributed by atoms with Crippen molar-refractivity contribution in [2.45, 2.75) is 17.0 Å². The zero-order chi connectivity index (χ0) is 14.5. The number of rotatable bonds is 5. The van der Waals surface area contributed by atoms with Crippen molar-refractivity contribution in [1.29, 1.82) is 0 Å². The van der Waals surface area contributed by atoms with E-state index in [2.05, 4.69) is 15.5 Å². The Balaban J connectivity index is 2.23. The second kappa shape index (κ2) is 6.44. The average molecular weight is 310 g/mol. The first-order valence-corrected chi connectivity index (χ1v) is 7.36. The van der Waals surface area contributed by atoms with Crippen molar-refractivity contribution in [2.75, 3.05) is 5.32 Å². The summed E-state index contributed by atoms with van der Waals surface area (Å²) in [5.41, 5.74) is 2.85. The molecule has 0 spiro atoms. The Hall–Kier alpha value is -2.00. The standard InChI is InChI=1S/C11H10N4O3S2/c1-7(16)13-10-3-2-9(15(17)18)4-8(10)5-19-11-14-12-6-20-11/h2-4,6H,5H2,1H3,(H,13,16). The van der Waals surface area contributed by atoms with Gasteiger partial charge in [0.05, 0.1) is 4.92 Å². The monoisotopic (exact) mass is 310 g/mol. The van der Waals surface area contributed by atoms with Crippen LogP contribution in [0.3, 0.4) is 0 Å². The summed E-state index contributed by atoms with van der Waals surface area (Å²) >= 11 is 2.80. The number of anilines is 1. The molecule has 0 bridgehead atoms. The van der Waals surface area contributed by atoms with Crippen molar-refractivity contribution in [2.24, 2.45) is 0 Å². The highest BCUT2D eigenvalue weighted by Gasteiger charge is 2.12. The molecule has 0 atom stereocenters. The Labute approximate surface area is 122 Å². The molecule has 1 heterocycles. The van der Waals surface area contributed by atoms with Crippen LogP contribution < -0.4 is 5.32 Å². The first-order valence-electron chi connectivity index (χ1n) is 5.50. The molecule has 0 aliphatic rings. The summed E-state index contributed by atoms with van der Waals surface area (Å²) < 4.78 is 0.769. The van der Waals surface area contributed by atoms with Crippen LogP contribution in [0.2, 0.25) is 0 Å². The fourth-order valence-electron chi connectivity index (χ4n) is 1.49. The van der Waals surface area contributed by atoms with E-state index in [0.29, 0.717) is 17.0 Å². The van der Waals surface area contributed by atoms with Crippen molar-refractivity contribution >= 4 is 40.4 Å². The highest BCUT2D eigenvalue weighted by atomic mass is 32.2. The molecule has 1 amide bonds. The maximum absolute atomic E-state index is 11.1. The largest absolute Gasteiger partial charge is 0.326 e. The summed E-state index contributed by atoms with van der Waals surface area (Å²) in [4.78, 5) is 21.5. The van der Waals surface area contributed by atoms with E-state index < -0.39 is 4.92 Å². The van der Waals surface area contributed by atoms with Gasteiger partial charge in [-0.25, -0.2) is 0 Å². The molecule has 0 radical (unpaired) electrons. The minimum atomic E-state index is -0.462. The second-order valence-corrected chi connectivity index (χ2v) is 5.83. The van der Waals surface area contributed by atoms with Crippen molar-refractivity contribution in [3.63, 3.8) is 0 Å². The Morgan fingerprint density at radius 3 is 2.95 bits per heavy atom. The zero-order valence-electron chi connectivity index (χ0n) is 10.4. The van der Waals surface area contributed by atoms with Crippen molar-refractivity contribution in [3.8, 4) is 0 Å². The van der Waals surface area contributed by atoms with Gasteiger partial charge in [0.15, 0.2) is 4.34 Å². The van der Waals surface area contributed by atoms with Crippen LogP contribution in [0, 0.1) is 10.1 Å². The summed E-state index contributed by atoms with van der Waals surface area (Å²) in [5.74, 6) is 0.243. The van der Waals surface area contributed by atoms with Crippen LogP contribution >= 0.6 is 23.1 Å². The van der Waals surface area contributed by atoms with Gasteiger partial charge in [0, 0.05) is 30.5 Å². The predicted molar refractivity (Wildman–Crippen MR) is 76.9 cm³/mol. The maximum atomic E-state index is 11.1. The Morgan fingerprint density at radius 1 is 1.55 bits per heavy atom. The van der Waals surface area contributed by atoms with Crippen LogP contribution in [0.15, 0.2) is 28.0 Å². The average Bonchev–Trinajstić information content (AvgIpc) is 2.89. The molecule has 0 aliphatic carbocycles. The van der Waals surface area contributed by atoms with Gasteiger partial charge in [-0.05, 0) is 11.6 Å². The molecule has 0 saturated carbocycles. The van der Waals surface area contributed by atoms with Gasteiger partial charge in [0.1, 0.15) is 5.51 Å². The summed E-state index contributed by atoms with van der Waals surface area (Å²) in [7, 11) is 0. The smallest absolute Gasteiger partial charge is 0.269 e. The number of aromatic nitrogens is 2. The molecule has 1 N–H and O–H groups in total. The molecule has 2 rings (SSSR count). The summed E-state index contributed by atoms with van der Waals surface area (Å²) in [6.07, 6.45) is 0. The highest BCUT2D eigenvalue weighted by Crippen LogP contribution is 2.30. The molecule has 0 unspecified atom stereocenters. The highest BCUT2D eigenvalue weighted by molar-refractivity contribution is 8.00. The van der Waals surface area contributed by atoms with Crippen molar-refractivity contribution in [3.05, 3.63) is 39.4 Å². The van der Waals surface area contributed by atoms with Gasteiger partial charge < -0.3 is 5.32 Å². The van der Waals surface area contributed by atoms with Crippen LogP contribution in [-0.4, -0.2) is 21.0 Å². The SMILES string of the molecule is CC(=O)Nc1ccc([N+](=O)[O-])cc1CSc1nncs1. The number of nitrogens with zero attached hydrogens (tertiary/aromatic N) is 3. The fraction of sp³-hybridized carbons (Fsp3) is 0.182. The molecule has 0 saturated heterocycles. The van der Waals surface area contributed by atoms with Gasteiger partial charge in [-0.15, -0.1) is 10.2 Å². The van der Waals surface area contributed by atoms with Crippen LogP contribution in [-0.2, 0) is 10.5 Å². The van der Waals surface area contributed by atoms with Gasteiger partial charge in [0.25, 0.3) is 5.69 Å². The molecule has 104 valence electrons. The summed E-state index contributed by atoms with van der Waals surface area (Å²) in [6.45, 7) is 1.39. The third-order valence-electron chi connectivity index (χ3n) is 2.30. The molecular formula is C11H10N4O3S2. The first-order chi connectivity index (χ1) is 9.56. The molecule has 0 fully saturated rings. The predicted octanol–water partition coefficient (Wildman–Crippen LogP) is 2.70. The van der Waals surface area contributed by atoms with Crippen molar-refractivity contribution < 1.29 is 9.72 Å². The van der Waals surface area contributed by atoms with Gasteiger partial charge in [-0.3, -0.25) is 14.9 Å². The van der Waals surface area contributed by atoms with E-state index in [9.17, 15) is 14.9 Å². The number of thioether (sulfide) groups is 1. The molecule has 1 aromatic carbocycles. The van der Waals surface area contributed by atoms with Crippen molar-refractivity contribution in [1.82, 2.24) is 10.2 Å². The number of non-ortho nitro benzene ring substituents is 1. The lowest BCUT2D eigenvalue weighted by Gasteiger charge is -2.08. The van der Waals surface area contributed by atoms with Gasteiger partial charge in [-0.2, -0.15) is 0 Å². The number of benzene rings is 1. The number of nitro groups is 1. The summed E-state index contributed by atoms with van der Waals surface area (Å²) in [6, 6.07) is 4.36. The maximum Gasteiger partial charge on any atom is 0.269 e. The van der Waals surface area contributed by atoms with Gasteiger partial charge in [0.2, 0.25) is 5.91 Å². The van der Waals surface area contributed by atoms with E-state index in [1.165, 1.54) is 48.2 Å². The van der Waals surface area contributed by atoms with Crippen LogP contribution in [0.25, 0.3) is 0 Å². The minimum absolute atomic E-state index is 0.00744. The van der Waals surface area contributed by atoms with Crippen LogP contribution in [0.1, 0.15) is 12.5 Å². The van der Waals surface area contributed by atoms with Gasteiger partial charge >= 0.3 is 0 Å². The topological polar surface area (TPSA) is 98.0 Å². The van der Waals surface area contributed by atoms with E-state index in [1.54, 1.807) is 5.51 Å². The molecule has 0 aliphatic heterocycles. The Kier molecular flexibility index (Phi) is 4.64. The van der Waals surface area contributed by atoms with E-state index in [1.807, 2.05) is 0 Å². The van der Waals surface area contributed by atoms with Crippen LogP contribution in [0.4, 0.5) is 11.4 Å². The van der Waals surface area contributed by atoms with Crippen LogP contribution in [0.5, 0.6) is 0 Å². The number of amides is 1. The number of nitrogens with one attached hydrogen (secondary N) is 1. The zero-order valence-corrected chi connectivity index (χ0v) is 12.0. The molecule has 20 heavy (non-hydrogen) atoms. The van der Waals surface area contributed by atoms with E-state index in [4.69, 9.17) is 0 Å². The molecule has 7 nitrogen and oxygen atoms in total. The minimum Gasteiger partial charge on any atom is -0.326 e. The van der Waals surface area contributed by atoms with E-state index in [0.717, 1.165) is 4.34 Å². The Bertz CT molecular complexity index is 631. The lowest BCUT2D eigenvalue weighted by atomic mass is 10.2. The number of carbonyl (C=O) groups excluding carboxylic acids is 1. The third kappa shape index (κ3) is 3.75. The fourth-order valence-corrected chi connectivity index (χ4v) is 2.97. The molecule has 1 aromatic heterocycles. The van der Waals surface area contributed by atoms with Gasteiger partial charge in [-0.1, -0.05) is 23.1 Å². The number of nitro benzene ring substituents is 1. The molecule has 2 aromatic rings. The van der Waals surface area contributed by atoms with E-state index in [-0.39, 0.29) is 11.6 Å². The summed E-state index contributed by atoms with van der Waals surface area (Å²) in [5, 5.41) is 21.1.